The lowest BCUT2D eigenvalue weighted by molar-refractivity contribution is -0.146. The van der Waals surface area contributed by atoms with Crippen LogP contribution >= 0.6 is 22.6 Å². The Kier molecular flexibility index (Phi) is 4.06. The molecular weight excluding hydrogens is 309 g/mol. The monoisotopic (exact) mass is 323 g/mol. The van der Waals surface area contributed by atoms with Crippen LogP contribution in [-0.2, 0) is 9.53 Å². The van der Waals surface area contributed by atoms with Crippen LogP contribution < -0.4 is 0 Å². The smallest absolute Gasteiger partial charge is 0.310 e. The van der Waals surface area contributed by atoms with Gasteiger partial charge in [-0.2, -0.15) is 0 Å². The predicted octanol–water partition coefficient (Wildman–Crippen LogP) is 1.56. The van der Waals surface area contributed by atoms with Crippen molar-refractivity contribution < 1.29 is 9.53 Å². The van der Waals surface area contributed by atoms with Gasteiger partial charge in [0.2, 0.25) is 0 Å². The van der Waals surface area contributed by atoms with Gasteiger partial charge in [0.1, 0.15) is 3.70 Å². The molecule has 0 saturated heterocycles. The number of halogens is 1. The first-order valence-corrected chi connectivity index (χ1v) is 5.72. The maximum absolute atomic E-state index is 11.4. The summed E-state index contributed by atoms with van der Waals surface area (Å²) in [7, 11) is 1.39. The molecule has 1 aromatic heterocycles. The number of esters is 1. The highest BCUT2D eigenvalue weighted by Crippen LogP contribution is 2.21. The van der Waals surface area contributed by atoms with Crippen LogP contribution in [0.2, 0.25) is 0 Å². The van der Waals surface area contributed by atoms with Crippen molar-refractivity contribution in [3.05, 3.63) is 9.39 Å². The van der Waals surface area contributed by atoms with Crippen LogP contribution in [0.25, 0.3) is 0 Å². The number of aromatic nitrogens is 3. The number of hydrogen-bond acceptors (Lipinski definition) is 4. The molecule has 0 aliphatic carbocycles. The number of rotatable bonds is 3. The molecule has 0 fully saturated rings. The summed E-state index contributed by atoms with van der Waals surface area (Å²) in [5.41, 5.74) is 0.875. The lowest BCUT2D eigenvalue weighted by atomic mass is 10.0. The summed E-state index contributed by atoms with van der Waals surface area (Å²) in [5.74, 6) is -0.462. The van der Waals surface area contributed by atoms with E-state index in [1.807, 2.05) is 20.8 Å². The summed E-state index contributed by atoms with van der Waals surface area (Å²) in [5, 5.41) is 7.96. The maximum atomic E-state index is 11.4. The third-order valence-electron chi connectivity index (χ3n) is 2.47. The largest absolute Gasteiger partial charge is 0.469 e. The molecule has 0 bridgehead atoms. The highest BCUT2D eigenvalue weighted by molar-refractivity contribution is 14.1. The Labute approximate surface area is 102 Å². The molecule has 0 N–H and O–H groups in total. The van der Waals surface area contributed by atoms with Gasteiger partial charge in [0.25, 0.3) is 0 Å². The number of carbonyl (C=O) groups is 1. The van der Waals surface area contributed by atoms with Crippen molar-refractivity contribution in [3.8, 4) is 0 Å². The second-order valence-corrected chi connectivity index (χ2v) is 4.48. The molecule has 6 heteroatoms. The predicted molar refractivity (Wildman–Crippen MR) is 63.4 cm³/mol. The van der Waals surface area contributed by atoms with E-state index < -0.39 is 0 Å². The Balaban J connectivity index is 2.89. The number of nitrogens with zero attached hydrogens (tertiary/aromatic N) is 3. The van der Waals surface area contributed by atoms with Gasteiger partial charge >= 0.3 is 5.97 Å². The van der Waals surface area contributed by atoms with E-state index in [-0.39, 0.29) is 17.9 Å². The molecular formula is C9H14IN3O2. The zero-order chi connectivity index (χ0) is 11.6. The van der Waals surface area contributed by atoms with E-state index in [2.05, 4.69) is 32.9 Å². The van der Waals surface area contributed by atoms with Gasteiger partial charge in [-0.3, -0.25) is 4.79 Å². The van der Waals surface area contributed by atoms with Gasteiger partial charge in [-0.25, -0.2) is 4.68 Å². The molecule has 1 rings (SSSR count). The first-order valence-electron chi connectivity index (χ1n) is 4.64. The molecule has 1 aromatic rings. The van der Waals surface area contributed by atoms with Gasteiger partial charge in [-0.15, -0.1) is 5.10 Å². The molecule has 0 spiro atoms. The van der Waals surface area contributed by atoms with E-state index in [9.17, 15) is 4.79 Å². The topological polar surface area (TPSA) is 57.0 Å². The third kappa shape index (κ3) is 2.47. The van der Waals surface area contributed by atoms with E-state index in [1.165, 1.54) is 7.11 Å². The molecule has 0 saturated carbocycles. The first kappa shape index (κ1) is 12.4. The SMILES string of the molecule is COC(=O)C(C)C(C)n1nnc(C)c1I. The van der Waals surface area contributed by atoms with E-state index in [0.29, 0.717) is 0 Å². The van der Waals surface area contributed by atoms with Crippen molar-refractivity contribution in [1.29, 1.82) is 0 Å². The highest BCUT2D eigenvalue weighted by atomic mass is 127. The van der Waals surface area contributed by atoms with Crippen LogP contribution in [-0.4, -0.2) is 28.1 Å². The number of ether oxygens (including phenoxy) is 1. The Hall–Kier alpha value is -0.660. The Morgan fingerprint density at radius 3 is 2.53 bits per heavy atom. The standard InChI is InChI=1S/C9H14IN3O2/c1-5(9(14)15-4)7(3)13-8(10)6(2)11-12-13/h5,7H,1-4H3. The minimum Gasteiger partial charge on any atom is -0.469 e. The summed E-state index contributed by atoms with van der Waals surface area (Å²) < 4.78 is 7.40. The van der Waals surface area contributed by atoms with E-state index >= 15 is 0 Å². The normalized spacial score (nSPS) is 14.7. The van der Waals surface area contributed by atoms with E-state index in [4.69, 9.17) is 4.74 Å². The van der Waals surface area contributed by atoms with Gasteiger partial charge in [0, 0.05) is 0 Å². The van der Waals surface area contributed by atoms with Crippen molar-refractivity contribution in [2.75, 3.05) is 7.11 Å². The van der Waals surface area contributed by atoms with E-state index in [0.717, 1.165) is 9.39 Å². The zero-order valence-electron chi connectivity index (χ0n) is 9.19. The van der Waals surface area contributed by atoms with Crippen LogP contribution in [0, 0.1) is 16.5 Å². The molecule has 0 radical (unpaired) electrons. The average Bonchev–Trinajstić information content (AvgIpc) is 2.56. The van der Waals surface area contributed by atoms with Crippen LogP contribution in [0.3, 0.4) is 0 Å². The maximum Gasteiger partial charge on any atom is 0.310 e. The summed E-state index contributed by atoms with van der Waals surface area (Å²) in [6, 6.07) is -0.0504. The number of hydrogen-bond donors (Lipinski definition) is 0. The fourth-order valence-corrected chi connectivity index (χ4v) is 1.86. The van der Waals surface area contributed by atoms with Crippen LogP contribution in [0.1, 0.15) is 25.6 Å². The molecule has 0 aliphatic heterocycles. The lowest BCUT2D eigenvalue weighted by Gasteiger charge is -2.18. The second kappa shape index (κ2) is 4.91. The molecule has 0 amide bonds. The van der Waals surface area contributed by atoms with Crippen molar-refractivity contribution in [1.82, 2.24) is 15.0 Å². The van der Waals surface area contributed by atoms with Crippen LogP contribution in [0.5, 0.6) is 0 Å². The highest BCUT2D eigenvalue weighted by Gasteiger charge is 2.25. The van der Waals surface area contributed by atoms with Gasteiger partial charge in [-0.05, 0) is 43.4 Å². The fourth-order valence-electron chi connectivity index (χ4n) is 1.22. The molecule has 84 valence electrons. The van der Waals surface area contributed by atoms with Crippen LogP contribution in [0.4, 0.5) is 0 Å². The fraction of sp³-hybridized carbons (Fsp3) is 0.667. The lowest BCUT2D eigenvalue weighted by Crippen LogP contribution is -2.24. The van der Waals surface area contributed by atoms with Gasteiger partial charge in [-0.1, -0.05) is 5.21 Å². The van der Waals surface area contributed by atoms with Crippen molar-refractivity contribution in [3.63, 3.8) is 0 Å². The van der Waals surface area contributed by atoms with Crippen molar-refractivity contribution in [2.45, 2.75) is 26.8 Å². The van der Waals surface area contributed by atoms with E-state index in [1.54, 1.807) is 4.68 Å². The zero-order valence-corrected chi connectivity index (χ0v) is 11.3. The van der Waals surface area contributed by atoms with Gasteiger partial charge < -0.3 is 4.74 Å². The first-order chi connectivity index (χ1) is 6.99. The molecule has 2 unspecified atom stereocenters. The summed E-state index contributed by atoms with van der Waals surface area (Å²) in [6.45, 7) is 5.64. The minimum atomic E-state index is -0.232. The van der Waals surface area contributed by atoms with Crippen molar-refractivity contribution >= 4 is 28.6 Å². The Bertz CT molecular complexity index is 364. The molecule has 5 nitrogen and oxygen atoms in total. The van der Waals surface area contributed by atoms with Crippen molar-refractivity contribution in [2.24, 2.45) is 5.92 Å². The second-order valence-electron chi connectivity index (χ2n) is 3.46. The number of carbonyl (C=O) groups excluding carboxylic acids is 1. The number of aryl methyl sites for hydroxylation is 1. The quantitative estimate of drug-likeness (QED) is 0.626. The summed E-state index contributed by atoms with van der Waals surface area (Å²) in [6.07, 6.45) is 0. The minimum absolute atomic E-state index is 0.0504. The van der Waals surface area contributed by atoms with Gasteiger partial charge in [0.15, 0.2) is 0 Å². The van der Waals surface area contributed by atoms with Crippen LogP contribution in [0.15, 0.2) is 0 Å². The summed E-state index contributed by atoms with van der Waals surface area (Å²) in [4.78, 5) is 11.4. The summed E-state index contributed by atoms with van der Waals surface area (Å²) >= 11 is 2.17. The molecule has 2 atom stereocenters. The Morgan fingerprint density at radius 1 is 1.53 bits per heavy atom. The van der Waals surface area contributed by atoms with Gasteiger partial charge in [0.05, 0.1) is 24.8 Å². The molecule has 0 aliphatic rings. The molecule has 15 heavy (non-hydrogen) atoms. The third-order valence-corrected chi connectivity index (χ3v) is 3.75. The average molecular weight is 323 g/mol. The molecule has 0 aromatic carbocycles. The number of methoxy groups -OCH3 is 1. The Morgan fingerprint density at radius 2 is 2.13 bits per heavy atom. The molecule has 1 heterocycles.